The van der Waals surface area contributed by atoms with Crippen LogP contribution in [0.1, 0.15) is 25.0 Å². The fraction of sp³-hybridized carbons (Fsp3) is 0.500. The maximum Gasteiger partial charge on any atom is 0.338 e. The molecule has 0 aliphatic heterocycles. The lowest BCUT2D eigenvalue weighted by Gasteiger charge is -2.16. The summed E-state index contributed by atoms with van der Waals surface area (Å²) < 4.78 is 35.7. The third kappa shape index (κ3) is 5.67. The van der Waals surface area contributed by atoms with Crippen LogP contribution < -0.4 is 5.73 Å². The minimum absolute atomic E-state index is 0.0391. The van der Waals surface area contributed by atoms with Crippen molar-refractivity contribution in [3.63, 3.8) is 0 Å². The highest BCUT2D eigenvalue weighted by molar-refractivity contribution is 7.54. The van der Waals surface area contributed by atoms with E-state index < -0.39 is 13.4 Å². The molecule has 0 aromatic heterocycles. The van der Waals surface area contributed by atoms with Gasteiger partial charge in [-0.2, -0.15) is 0 Å². The molecular weight excluding hydrogens is 296 g/mol. The average molecular weight is 317 g/mol. The van der Waals surface area contributed by atoms with Gasteiger partial charge in [0.15, 0.2) is 0 Å². The highest BCUT2D eigenvalue weighted by atomic mass is 31.2. The van der Waals surface area contributed by atoms with Crippen LogP contribution in [0.5, 0.6) is 0 Å². The molecule has 0 bridgehead atoms. The molecule has 118 valence electrons. The molecule has 0 atom stereocenters. The largest absolute Gasteiger partial charge is 0.338 e. The highest BCUT2D eigenvalue weighted by Crippen LogP contribution is 2.47. The van der Waals surface area contributed by atoms with Crippen LogP contribution in [-0.4, -0.2) is 25.2 Å². The number of benzene rings is 1. The van der Waals surface area contributed by atoms with Crippen molar-refractivity contribution < 1.29 is 22.8 Å². The lowest BCUT2D eigenvalue weighted by molar-refractivity contribution is -0.116. The zero-order chi connectivity index (χ0) is 15.9. The molecule has 0 aliphatic rings. The van der Waals surface area contributed by atoms with Gasteiger partial charge < -0.3 is 14.8 Å². The Labute approximate surface area is 124 Å². The first kappa shape index (κ1) is 18.0. The van der Waals surface area contributed by atoms with E-state index in [1.54, 1.807) is 19.9 Å². The van der Waals surface area contributed by atoms with Crippen molar-refractivity contribution in [2.24, 2.45) is 5.73 Å². The molecule has 2 N–H and O–H groups in total. The van der Waals surface area contributed by atoms with Crippen LogP contribution in [0, 0.1) is 5.82 Å². The molecule has 0 radical (unpaired) electrons. The van der Waals surface area contributed by atoms with E-state index in [0.717, 1.165) is 0 Å². The Balaban J connectivity index is 2.74. The van der Waals surface area contributed by atoms with Gasteiger partial charge in [0.2, 0.25) is 0 Å². The third-order valence-corrected chi connectivity index (χ3v) is 4.80. The van der Waals surface area contributed by atoms with Crippen molar-refractivity contribution >= 4 is 13.4 Å². The second kappa shape index (κ2) is 8.39. The molecule has 1 aromatic carbocycles. The predicted molar refractivity (Wildman–Crippen MR) is 78.7 cm³/mol. The van der Waals surface area contributed by atoms with E-state index in [-0.39, 0.29) is 38.1 Å². The number of carbonyl (C=O) groups excluding carboxylic acids is 1. The highest BCUT2D eigenvalue weighted by Gasteiger charge is 2.27. The molecule has 0 fully saturated rings. The van der Waals surface area contributed by atoms with Gasteiger partial charge in [-0.25, -0.2) is 4.39 Å². The van der Waals surface area contributed by atoms with Crippen LogP contribution in [0.25, 0.3) is 0 Å². The molecule has 0 unspecified atom stereocenters. The van der Waals surface area contributed by atoms with Crippen LogP contribution >= 0.6 is 7.60 Å². The molecule has 21 heavy (non-hydrogen) atoms. The van der Waals surface area contributed by atoms with E-state index in [1.807, 2.05) is 0 Å². The normalized spacial score (nSPS) is 11.6. The summed E-state index contributed by atoms with van der Waals surface area (Å²) in [7, 11) is -3.39. The fourth-order valence-electron chi connectivity index (χ4n) is 1.92. The smallest absolute Gasteiger partial charge is 0.326 e. The first-order valence-corrected chi connectivity index (χ1v) is 8.54. The summed E-state index contributed by atoms with van der Waals surface area (Å²) in [4.78, 5) is 12.0. The molecule has 7 heteroatoms. The molecule has 0 spiro atoms. The number of hydrogen-bond acceptors (Lipinski definition) is 5. The number of rotatable bonds is 9. The predicted octanol–water partition coefficient (Wildman–Crippen LogP) is 2.66. The van der Waals surface area contributed by atoms with Crippen molar-refractivity contribution in [3.8, 4) is 0 Å². The summed E-state index contributed by atoms with van der Waals surface area (Å²) in [6, 6.07) is 4.33. The van der Waals surface area contributed by atoms with E-state index in [4.69, 9.17) is 14.8 Å². The number of ketones is 1. The summed E-state index contributed by atoms with van der Waals surface area (Å²) in [6.07, 6.45) is -0.249. The quantitative estimate of drug-likeness (QED) is 0.708. The van der Waals surface area contributed by atoms with Crippen molar-refractivity contribution in [2.75, 3.05) is 19.4 Å². The van der Waals surface area contributed by atoms with Gasteiger partial charge in [-0.1, -0.05) is 12.1 Å². The van der Waals surface area contributed by atoms with Gasteiger partial charge in [-0.3, -0.25) is 9.36 Å². The summed E-state index contributed by atoms with van der Waals surface area (Å²) in [6.45, 7) is 3.84. The first-order valence-electron chi connectivity index (χ1n) is 6.81. The Morgan fingerprint density at radius 1 is 1.29 bits per heavy atom. The second-order valence-corrected chi connectivity index (χ2v) is 6.50. The Bertz CT molecular complexity index is 526. The van der Waals surface area contributed by atoms with Gasteiger partial charge >= 0.3 is 7.60 Å². The Kier molecular flexibility index (Phi) is 7.18. The van der Waals surface area contributed by atoms with Gasteiger partial charge in [0.25, 0.3) is 0 Å². The van der Waals surface area contributed by atoms with Gasteiger partial charge in [0.05, 0.1) is 13.2 Å². The molecule has 0 aliphatic carbocycles. The molecule has 1 aromatic rings. The molecule has 5 nitrogen and oxygen atoms in total. The fourth-order valence-corrected chi connectivity index (χ4v) is 3.50. The SMILES string of the molecule is CCOP(=O)(CC(=O)Cc1ccc(F)c(CN)c1)OCC. The Morgan fingerprint density at radius 2 is 1.90 bits per heavy atom. The minimum Gasteiger partial charge on any atom is -0.326 e. The molecule has 1 rings (SSSR count). The minimum atomic E-state index is -3.39. The lowest BCUT2D eigenvalue weighted by atomic mass is 10.1. The first-order chi connectivity index (χ1) is 9.94. The van der Waals surface area contributed by atoms with Crippen LogP contribution in [0.15, 0.2) is 18.2 Å². The van der Waals surface area contributed by atoms with Crippen LogP contribution in [0.3, 0.4) is 0 Å². The molecule has 0 saturated carbocycles. The van der Waals surface area contributed by atoms with Gasteiger partial charge in [0.1, 0.15) is 17.8 Å². The number of hydrogen-bond donors (Lipinski definition) is 1. The monoisotopic (exact) mass is 317 g/mol. The number of Topliss-reactive ketones (excluding diaryl/α,β-unsaturated/α-hetero) is 1. The summed E-state index contributed by atoms with van der Waals surface area (Å²) >= 11 is 0. The maximum atomic E-state index is 13.3. The summed E-state index contributed by atoms with van der Waals surface area (Å²) in [5, 5.41) is 0. The van der Waals surface area contributed by atoms with Crippen LogP contribution in [0.4, 0.5) is 4.39 Å². The zero-order valence-electron chi connectivity index (χ0n) is 12.3. The van der Waals surface area contributed by atoms with E-state index in [1.165, 1.54) is 12.1 Å². The number of nitrogens with two attached hydrogens (primary N) is 1. The van der Waals surface area contributed by atoms with E-state index in [9.17, 15) is 13.8 Å². The van der Waals surface area contributed by atoms with Gasteiger partial charge in [-0.05, 0) is 25.5 Å². The van der Waals surface area contributed by atoms with Crippen molar-refractivity contribution in [3.05, 3.63) is 35.1 Å². The van der Waals surface area contributed by atoms with Crippen molar-refractivity contribution in [2.45, 2.75) is 26.8 Å². The van der Waals surface area contributed by atoms with E-state index in [2.05, 4.69) is 0 Å². The second-order valence-electron chi connectivity index (χ2n) is 4.45. The summed E-state index contributed by atoms with van der Waals surface area (Å²) in [5.41, 5.74) is 6.39. The molecular formula is C14H21FNO4P. The third-order valence-electron chi connectivity index (χ3n) is 2.75. The van der Waals surface area contributed by atoms with Gasteiger partial charge in [0, 0.05) is 18.5 Å². The molecule has 0 amide bonds. The zero-order valence-corrected chi connectivity index (χ0v) is 13.2. The van der Waals surface area contributed by atoms with E-state index in [0.29, 0.717) is 11.1 Å². The summed E-state index contributed by atoms with van der Waals surface area (Å²) in [5.74, 6) is -0.683. The van der Waals surface area contributed by atoms with Crippen LogP contribution in [-0.2, 0) is 31.4 Å². The standard InChI is InChI=1S/C14H21FNO4P/c1-3-19-21(18,20-4-2)10-13(17)8-11-5-6-14(15)12(7-11)9-16/h5-7H,3-4,8-10,16H2,1-2H3. The molecule has 0 heterocycles. The van der Waals surface area contributed by atoms with Crippen molar-refractivity contribution in [1.29, 1.82) is 0 Å². The van der Waals surface area contributed by atoms with Gasteiger partial charge in [-0.15, -0.1) is 0 Å². The molecule has 0 saturated heterocycles. The topological polar surface area (TPSA) is 78.6 Å². The van der Waals surface area contributed by atoms with Crippen LogP contribution in [0.2, 0.25) is 0 Å². The Morgan fingerprint density at radius 3 is 2.43 bits per heavy atom. The lowest BCUT2D eigenvalue weighted by Crippen LogP contribution is -2.13. The van der Waals surface area contributed by atoms with E-state index >= 15 is 0 Å². The van der Waals surface area contributed by atoms with Crippen molar-refractivity contribution in [1.82, 2.24) is 0 Å². The Hall–Kier alpha value is -1.07. The number of carbonyl (C=O) groups is 1. The average Bonchev–Trinajstić information content (AvgIpc) is 2.41. The maximum absolute atomic E-state index is 13.3. The number of halogens is 1.